The third kappa shape index (κ3) is 21.9. The Hall–Kier alpha value is -1.37. The topological polar surface area (TPSA) is 169 Å². The molecule has 1 heterocycles. The molecular formula is C40H75NO9. The molecule has 8 atom stereocenters. The molecule has 0 aromatic rings. The minimum absolute atomic E-state index is 0.306. The fourth-order valence-corrected chi connectivity index (χ4v) is 6.24. The first-order valence-electron chi connectivity index (χ1n) is 20.2. The number of ether oxygens (including phenoxy) is 2. The number of aliphatic hydroxyl groups excluding tert-OH is 6. The number of nitrogens with one attached hydrogen (secondary N) is 1. The van der Waals surface area contributed by atoms with Crippen molar-refractivity contribution in [3.63, 3.8) is 0 Å². The SMILES string of the molecule is CCCCCCCCC/C=C/CC/C=C/[C@@H](O)[C@H](CO[C@@H]1OC(CO)[C@@H](O)C(O)C1O)NC(=O)[C@H](O)CCCCCCCCCCCCCC. The lowest BCUT2D eigenvalue weighted by Crippen LogP contribution is -2.60. The van der Waals surface area contributed by atoms with Crippen molar-refractivity contribution in [3.8, 4) is 0 Å². The molecule has 0 aliphatic carbocycles. The third-order valence-electron chi connectivity index (χ3n) is 9.64. The van der Waals surface area contributed by atoms with Gasteiger partial charge in [-0.25, -0.2) is 0 Å². The van der Waals surface area contributed by atoms with Gasteiger partial charge in [0.25, 0.3) is 0 Å². The van der Waals surface area contributed by atoms with Crippen molar-refractivity contribution in [1.82, 2.24) is 5.32 Å². The molecule has 0 aromatic carbocycles. The Morgan fingerprint density at radius 3 is 1.74 bits per heavy atom. The van der Waals surface area contributed by atoms with Crippen LogP contribution in [0, 0.1) is 0 Å². The summed E-state index contributed by atoms with van der Waals surface area (Å²) in [5.74, 6) is -0.628. The number of hydrogen-bond acceptors (Lipinski definition) is 9. The van der Waals surface area contributed by atoms with Gasteiger partial charge in [-0.2, -0.15) is 0 Å². The molecular weight excluding hydrogens is 638 g/mol. The van der Waals surface area contributed by atoms with E-state index in [1.165, 1.54) is 96.3 Å². The molecule has 3 unspecified atom stereocenters. The van der Waals surface area contributed by atoms with E-state index in [1.54, 1.807) is 6.08 Å². The third-order valence-corrected chi connectivity index (χ3v) is 9.64. The van der Waals surface area contributed by atoms with E-state index in [4.69, 9.17) is 9.47 Å². The highest BCUT2D eigenvalue weighted by atomic mass is 16.7. The van der Waals surface area contributed by atoms with Gasteiger partial charge in [0.2, 0.25) is 5.91 Å². The lowest BCUT2D eigenvalue weighted by atomic mass is 9.99. The maximum atomic E-state index is 12.9. The Morgan fingerprint density at radius 2 is 1.18 bits per heavy atom. The Bertz CT molecular complexity index is 855. The average molecular weight is 714 g/mol. The molecule has 1 aliphatic heterocycles. The molecule has 1 fully saturated rings. The minimum Gasteiger partial charge on any atom is -0.394 e. The van der Waals surface area contributed by atoms with Crippen molar-refractivity contribution in [2.45, 2.75) is 210 Å². The van der Waals surface area contributed by atoms with Gasteiger partial charge in [0.1, 0.15) is 30.5 Å². The number of rotatable bonds is 32. The highest BCUT2D eigenvalue weighted by Crippen LogP contribution is 2.22. The number of carbonyl (C=O) groups is 1. The van der Waals surface area contributed by atoms with Gasteiger partial charge in [-0.05, 0) is 32.1 Å². The van der Waals surface area contributed by atoms with Crippen LogP contribution in [-0.4, -0.2) is 98.7 Å². The van der Waals surface area contributed by atoms with Crippen molar-refractivity contribution in [2.75, 3.05) is 13.2 Å². The lowest BCUT2D eigenvalue weighted by Gasteiger charge is -2.40. The first kappa shape index (κ1) is 46.7. The standard InChI is InChI=1S/C40H75NO9/c1-3-5-7-9-11-13-15-17-19-20-22-24-26-28-33(43)32(31-49-40-38(47)37(46)36(45)35(30-42)50-40)41-39(48)34(44)29-27-25-23-21-18-16-14-12-10-8-6-4-2/h19-20,26,28,32-38,40,42-47H,3-18,21-25,27,29-31H2,1-2H3,(H,41,48)/b20-19+,28-26+/t32-,33+,34+,35?,36+,37?,38?,40+/m0/s1. The molecule has 0 radical (unpaired) electrons. The van der Waals surface area contributed by atoms with Crippen molar-refractivity contribution in [2.24, 2.45) is 0 Å². The summed E-state index contributed by atoms with van der Waals surface area (Å²) in [6.07, 6.45) is 24.1. The van der Waals surface area contributed by atoms with Crippen LogP contribution in [0.3, 0.4) is 0 Å². The summed E-state index contributed by atoms with van der Waals surface area (Å²) in [5, 5.41) is 64.3. The molecule has 1 amide bonds. The smallest absolute Gasteiger partial charge is 0.249 e. The van der Waals surface area contributed by atoms with Crippen molar-refractivity contribution in [1.29, 1.82) is 0 Å². The van der Waals surface area contributed by atoms with Gasteiger partial charge < -0.3 is 45.4 Å². The Labute approximate surface area is 303 Å². The normalized spacial score (nSPS) is 23.1. The number of carbonyl (C=O) groups excluding carboxylic acids is 1. The highest BCUT2D eigenvalue weighted by Gasteiger charge is 2.44. The molecule has 50 heavy (non-hydrogen) atoms. The molecule has 10 heteroatoms. The monoisotopic (exact) mass is 714 g/mol. The zero-order valence-electron chi connectivity index (χ0n) is 31.5. The maximum Gasteiger partial charge on any atom is 0.249 e. The van der Waals surface area contributed by atoms with Crippen LogP contribution < -0.4 is 5.32 Å². The van der Waals surface area contributed by atoms with Crippen LogP contribution in [0.1, 0.15) is 162 Å². The predicted molar refractivity (Wildman–Crippen MR) is 199 cm³/mol. The van der Waals surface area contributed by atoms with Gasteiger partial charge >= 0.3 is 0 Å². The first-order valence-corrected chi connectivity index (χ1v) is 20.2. The summed E-state index contributed by atoms with van der Waals surface area (Å²) in [7, 11) is 0. The van der Waals surface area contributed by atoms with Crippen molar-refractivity contribution >= 4 is 5.91 Å². The second kappa shape index (κ2) is 31.2. The van der Waals surface area contributed by atoms with Crippen LogP contribution in [0.4, 0.5) is 0 Å². The minimum atomic E-state index is -1.61. The number of hydrogen-bond donors (Lipinski definition) is 7. The zero-order chi connectivity index (χ0) is 36.8. The fourth-order valence-electron chi connectivity index (χ4n) is 6.24. The van der Waals surface area contributed by atoms with E-state index in [0.717, 1.165) is 32.1 Å². The number of aliphatic hydroxyl groups is 6. The molecule has 0 aromatic heterocycles. The quantitative estimate of drug-likeness (QED) is 0.0320. The largest absolute Gasteiger partial charge is 0.394 e. The summed E-state index contributed by atoms with van der Waals surface area (Å²) >= 11 is 0. The summed E-state index contributed by atoms with van der Waals surface area (Å²) in [6.45, 7) is 3.54. The Kier molecular flexibility index (Phi) is 29.1. The summed E-state index contributed by atoms with van der Waals surface area (Å²) < 4.78 is 11.1. The Balaban J connectivity index is 2.54. The highest BCUT2D eigenvalue weighted by molar-refractivity contribution is 5.80. The number of amides is 1. The van der Waals surface area contributed by atoms with E-state index in [1.807, 2.05) is 6.08 Å². The van der Waals surface area contributed by atoms with Crippen molar-refractivity contribution < 1.29 is 44.9 Å². The molecule has 0 bridgehead atoms. The van der Waals surface area contributed by atoms with Gasteiger partial charge in [-0.1, -0.05) is 154 Å². The first-order chi connectivity index (χ1) is 24.3. The second-order valence-electron chi connectivity index (χ2n) is 14.2. The van der Waals surface area contributed by atoms with E-state index in [0.29, 0.717) is 19.3 Å². The van der Waals surface area contributed by atoms with Crippen LogP contribution in [0.25, 0.3) is 0 Å². The van der Waals surface area contributed by atoms with Gasteiger partial charge in [0, 0.05) is 0 Å². The van der Waals surface area contributed by atoms with Crippen LogP contribution in [0.2, 0.25) is 0 Å². The van der Waals surface area contributed by atoms with E-state index in [2.05, 4.69) is 31.3 Å². The molecule has 1 aliphatic rings. The van der Waals surface area contributed by atoms with Crippen LogP contribution in [0.15, 0.2) is 24.3 Å². The van der Waals surface area contributed by atoms with E-state index in [-0.39, 0.29) is 6.61 Å². The van der Waals surface area contributed by atoms with Crippen LogP contribution in [-0.2, 0) is 14.3 Å². The van der Waals surface area contributed by atoms with E-state index in [9.17, 15) is 35.4 Å². The van der Waals surface area contributed by atoms with E-state index < -0.39 is 61.5 Å². The van der Waals surface area contributed by atoms with Crippen LogP contribution in [0.5, 0.6) is 0 Å². The summed E-state index contributed by atoms with van der Waals surface area (Å²) in [6, 6.07) is -0.990. The average Bonchev–Trinajstić information content (AvgIpc) is 3.11. The van der Waals surface area contributed by atoms with Gasteiger partial charge in [-0.3, -0.25) is 4.79 Å². The molecule has 294 valence electrons. The molecule has 1 rings (SSSR count). The summed E-state index contributed by atoms with van der Waals surface area (Å²) in [4.78, 5) is 12.9. The maximum absolute atomic E-state index is 12.9. The zero-order valence-corrected chi connectivity index (χ0v) is 31.5. The predicted octanol–water partition coefficient (Wildman–Crippen LogP) is 6.13. The molecule has 1 saturated heterocycles. The molecule has 0 spiro atoms. The van der Waals surface area contributed by atoms with E-state index >= 15 is 0 Å². The van der Waals surface area contributed by atoms with Gasteiger partial charge in [0.05, 0.1) is 25.4 Å². The lowest BCUT2D eigenvalue weighted by molar-refractivity contribution is -0.302. The molecule has 0 saturated carbocycles. The Morgan fingerprint density at radius 1 is 0.680 bits per heavy atom. The second-order valence-corrected chi connectivity index (χ2v) is 14.2. The van der Waals surface area contributed by atoms with Crippen molar-refractivity contribution in [3.05, 3.63) is 24.3 Å². The number of unbranched alkanes of at least 4 members (excludes halogenated alkanes) is 19. The summed E-state index contributed by atoms with van der Waals surface area (Å²) in [5.41, 5.74) is 0. The molecule has 10 nitrogen and oxygen atoms in total. The van der Waals surface area contributed by atoms with Gasteiger partial charge in [0.15, 0.2) is 6.29 Å². The molecule has 7 N–H and O–H groups in total. The van der Waals surface area contributed by atoms with Gasteiger partial charge in [-0.15, -0.1) is 0 Å². The fraction of sp³-hybridized carbons (Fsp3) is 0.875. The van der Waals surface area contributed by atoms with Crippen LogP contribution >= 0.6 is 0 Å². The number of allylic oxidation sites excluding steroid dienone is 3.